The molecule has 0 fully saturated rings. The molecule has 0 saturated heterocycles. The molecule has 34 heavy (non-hydrogen) atoms. The number of nitrogens with zero attached hydrogens (tertiary/aromatic N) is 4. The largest absolute Gasteiger partial charge is 0.495 e. The minimum absolute atomic E-state index is 0.135. The van der Waals surface area contributed by atoms with Crippen LogP contribution in [-0.2, 0) is 6.54 Å². The van der Waals surface area contributed by atoms with Gasteiger partial charge in [0.15, 0.2) is 0 Å². The van der Waals surface area contributed by atoms with Crippen LogP contribution < -0.4 is 15.8 Å². The molecule has 5 aromatic rings. The van der Waals surface area contributed by atoms with E-state index in [2.05, 4.69) is 20.3 Å². The van der Waals surface area contributed by atoms with E-state index in [4.69, 9.17) is 22.1 Å². The number of hydrogen-bond acceptors (Lipinski definition) is 8. The van der Waals surface area contributed by atoms with Crippen LogP contribution in [0, 0.1) is 11.8 Å². The van der Waals surface area contributed by atoms with Gasteiger partial charge in [-0.2, -0.15) is 0 Å². The van der Waals surface area contributed by atoms with Crippen molar-refractivity contribution in [2.75, 3.05) is 18.2 Å². The topological polar surface area (TPSA) is 106 Å². The minimum Gasteiger partial charge on any atom is -0.495 e. The Kier molecular flexibility index (Phi) is 5.72. The number of pyridine rings is 1. The summed E-state index contributed by atoms with van der Waals surface area (Å²) < 4.78 is 7.09. The monoisotopic (exact) mass is 491 g/mol. The Hall–Kier alpha value is -3.82. The number of ether oxygens (including phenoxy) is 1. The average molecular weight is 492 g/mol. The highest BCUT2D eigenvalue weighted by molar-refractivity contribution is 7.17. The van der Waals surface area contributed by atoms with Crippen molar-refractivity contribution >= 4 is 66.9 Å². The van der Waals surface area contributed by atoms with Crippen LogP contribution >= 0.6 is 22.9 Å². The predicted molar refractivity (Wildman–Crippen MR) is 137 cm³/mol. The fourth-order valence-electron chi connectivity index (χ4n) is 3.92. The summed E-state index contributed by atoms with van der Waals surface area (Å²) in [5, 5.41) is 7.35. The van der Waals surface area contributed by atoms with Gasteiger partial charge in [-0.3, -0.25) is 0 Å². The van der Waals surface area contributed by atoms with E-state index in [0.717, 1.165) is 37.0 Å². The molecule has 0 saturated carbocycles. The summed E-state index contributed by atoms with van der Waals surface area (Å²) in [6.45, 7) is 2.05. The number of nitrogens with one attached hydrogen (secondary N) is 1. The second-order valence-corrected chi connectivity index (χ2v) is 8.98. The first kappa shape index (κ1) is 22.0. The molecule has 3 N–H and O–H groups in total. The molecule has 2 aromatic carbocycles. The van der Waals surface area contributed by atoms with Crippen molar-refractivity contribution in [1.29, 1.82) is 0 Å². The maximum Gasteiger partial charge on any atom is 0.267 e. The number of benzene rings is 2. The summed E-state index contributed by atoms with van der Waals surface area (Å²) in [4.78, 5) is 26.3. The van der Waals surface area contributed by atoms with E-state index in [0.29, 0.717) is 33.6 Å². The van der Waals surface area contributed by atoms with E-state index in [1.807, 2.05) is 36.6 Å². The van der Waals surface area contributed by atoms with Crippen molar-refractivity contribution in [3.8, 4) is 5.75 Å². The highest BCUT2D eigenvalue weighted by Crippen LogP contribution is 2.36. The molecular weight excluding hydrogens is 472 g/mol. The third-order valence-corrected chi connectivity index (χ3v) is 6.90. The third kappa shape index (κ3) is 3.89. The first-order valence-electron chi connectivity index (χ1n) is 10.4. The zero-order valence-electron chi connectivity index (χ0n) is 18.4. The molecule has 0 aliphatic carbocycles. The summed E-state index contributed by atoms with van der Waals surface area (Å²) >= 11 is 7.59. The van der Waals surface area contributed by atoms with Gasteiger partial charge in [-0.25, -0.2) is 15.0 Å². The van der Waals surface area contributed by atoms with Gasteiger partial charge in [0.25, 0.3) is 5.69 Å². The van der Waals surface area contributed by atoms with Crippen LogP contribution in [0.5, 0.6) is 5.75 Å². The highest BCUT2D eigenvalue weighted by atomic mass is 35.5. The predicted octanol–water partition coefficient (Wildman–Crippen LogP) is 6.15. The van der Waals surface area contributed by atoms with E-state index in [1.54, 1.807) is 25.4 Å². The van der Waals surface area contributed by atoms with Crippen LogP contribution in [0.15, 0.2) is 54.3 Å². The molecule has 0 radical (unpaired) electrons. The van der Waals surface area contributed by atoms with E-state index in [-0.39, 0.29) is 6.54 Å². The van der Waals surface area contributed by atoms with Gasteiger partial charge < -0.3 is 15.8 Å². The summed E-state index contributed by atoms with van der Waals surface area (Å²) in [6.07, 6.45) is 3.10. The van der Waals surface area contributed by atoms with Gasteiger partial charge in [-0.1, -0.05) is 17.7 Å². The lowest BCUT2D eigenvalue weighted by molar-refractivity contribution is -0.478. The molecule has 3 aromatic heterocycles. The van der Waals surface area contributed by atoms with Gasteiger partial charge in [0.05, 0.1) is 33.3 Å². The summed E-state index contributed by atoms with van der Waals surface area (Å²) in [6, 6.07) is 11.1. The van der Waals surface area contributed by atoms with Crippen molar-refractivity contribution in [2.45, 2.75) is 13.5 Å². The van der Waals surface area contributed by atoms with Crippen molar-refractivity contribution in [1.82, 2.24) is 15.0 Å². The quantitative estimate of drug-likeness (QED) is 0.274. The SMILES string of the molecule is COc1cc(Nc2nccc3c([N+](=O)Cc4csc5c(N)ncnc45)c(C)ccc23)ccc1Cl. The molecule has 3 heterocycles. The molecule has 0 aliphatic rings. The number of methoxy groups -OCH3 is 1. The van der Waals surface area contributed by atoms with Gasteiger partial charge in [0.2, 0.25) is 6.54 Å². The van der Waals surface area contributed by atoms with Crippen LogP contribution in [0.1, 0.15) is 11.1 Å². The number of nitrogens with two attached hydrogens (primary N) is 1. The van der Waals surface area contributed by atoms with E-state index in [1.165, 1.54) is 17.7 Å². The Bertz CT molecular complexity index is 1570. The second-order valence-electron chi connectivity index (χ2n) is 7.69. The van der Waals surface area contributed by atoms with Gasteiger partial charge in [0.1, 0.15) is 23.7 Å². The number of aryl methyl sites for hydroxylation is 1. The number of halogens is 1. The fraction of sp³-hybridized carbons (Fsp3) is 0.125. The smallest absolute Gasteiger partial charge is 0.267 e. The molecule has 0 amide bonds. The summed E-state index contributed by atoms with van der Waals surface area (Å²) in [5.41, 5.74) is 9.68. The molecule has 0 bridgehead atoms. The van der Waals surface area contributed by atoms with Gasteiger partial charge in [-0.05, 0) is 31.2 Å². The van der Waals surface area contributed by atoms with Crippen LogP contribution in [0.25, 0.3) is 21.0 Å². The second kappa shape index (κ2) is 8.85. The minimum atomic E-state index is 0.135. The summed E-state index contributed by atoms with van der Waals surface area (Å²) in [7, 11) is 1.57. The van der Waals surface area contributed by atoms with Crippen LogP contribution in [0.2, 0.25) is 5.02 Å². The lowest BCUT2D eigenvalue weighted by Crippen LogP contribution is -2.05. The van der Waals surface area contributed by atoms with Gasteiger partial charge in [0, 0.05) is 43.9 Å². The summed E-state index contributed by atoms with van der Waals surface area (Å²) in [5.74, 6) is 1.60. The molecule has 170 valence electrons. The van der Waals surface area contributed by atoms with E-state index >= 15 is 0 Å². The zero-order valence-corrected chi connectivity index (χ0v) is 19.9. The molecule has 0 unspecified atom stereocenters. The van der Waals surface area contributed by atoms with E-state index in [9.17, 15) is 4.91 Å². The van der Waals surface area contributed by atoms with Crippen LogP contribution in [-0.4, -0.2) is 26.8 Å². The van der Waals surface area contributed by atoms with Crippen molar-refractivity contribution in [3.63, 3.8) is 0 Å². The van der Waals surface area contributed by atoms with Crippen molar-refractivity contribution in [3.05, 3.63) is 75.4 Å². The highest BCUT2D eigenvalue weighted by Gasteiger charge is 2.25. The molecular formula is C24H20ClN6O2S+. The Morgan fingerprint density at radius 2 is 2.00 bits per heavy atom. The first-order chi connectivity index (χ1) is 16.5. The van der Waals surface area contributed by atoms with Crippen LogP contribution in [0.3, 0.4) is 0 Å². The number of hydrogen-bond donors (Lipinski definition) is 2. The number of nitroso groups, excluding NO2 is 1. The lowest BCUT2D eigenvalue weighted by Gasteiger charge is -2.11. The Balaban J connectivity index is 1.53. The normalized spacial score (nSPS) is 11.1. The number of rotatable bonds is 6. The molecule has 5 rings (SSSR count). The number of fused-ring (bicyclic) bond motifs is 2. The maximum absolute atomic E-state index is 13.4. The lowest BCUT2D eigenvalue weighted by atomic mass is 10.0. The van der Waals surface area contributed by atoms with Crippen LogP contribution in [0.4, 0.5) is 23.0 Å². The Morgan fingerprint density at radius 1 is 1.15 bits per heavy atom. The molecule has 10 heteroatoms. The number of anilines is 3. The number of aromatic nitrogens is 3. The van der Waals surface area contributed by atoms with Gasteiger partial charge >= 0.3 is 0 Å². The Morgan fingerprint density at radius 3 is 2.82 bits per heavy atom. The number of nitrogen functional groups attached to an aromatic ring is 1. The molecule has 0 aliphatic heterocycles. The average Bonchev–Trinajstić information content (AvgIpc) is 3.24. The van der Waals surface area contributed by atoms with Crippen molar-refractivity contribution < 1.29 is 9.50 Å². The standard InChI is InChI=1S/C24H20ClN6O2S/c1-13-3-5-17-16(7-8-27-24(17)30-15-4-6-18(25)19(9-15)33-2)21(13)31(32)10-14-11-34-22-20(14)28-12-29-23(22)26/h3-9,11-12H,10H2,1-2H3,(H,27,30)(H2,26,28,29)/q+1. The van der Waals surface area contributed by atoms with Gasteiger partial charge in [-0.15, -0.1) is 11.3 Å². The fourth-order valence-corrected chi connectivity index (χ4v) is 5.03. The molecule has 0 spiro atoms. The van der Waals surface area contributed by atoms with Crippen molar-refractivity contribution in [2.24, 2.45) is 0 Å². The Labute approximate surface area is 204 Å². The molecule has 8 nitrogen and oxygen atoms in total. The van der Waals surface area contributed by atoms with E-state index < -0.39 is 0 Å². The number of thiophene rings is 1. The molecule has 0 atom stereocenters. The first-order valence-corrected chi connectivity index (χ1v) is 11.6. The zero-order chi connectivity index (χ0) is 23.8. The maximum atomic E-state index is 13.4. The third-order valence-electron chi connectivity index (χ3n) is 5.55.